The molecule has 0 amide bonds. The van der Waals surface area contributed by atoms with Gasteiger partial charge >= 0.3 is 0 Å². The summed E-state index contributed by atoms with van der Waals surface area (Å²) < 4.78 is 16.7. The fraction of sp³-hybridized carbons (Fsp3) is 0. The molecule has 9 heteroatoms. The summed E-state index contributed by atoms with van der Waals surface area (Å²) in [5.41, 5.74) is 10.4. The second kappa shape index (κ2) is 11.8. The summed E-state index contributed by atoms with van der Waals surface area (Å²) in [7, 11) is 0. The topological polar surface area (TPSA) is 101 Å². The Morgan fingerprint density at radius 2 is 0.982 bits per heavy atom. The van der Waals surface area contributed by atoms with E-state index in [-0.39, 0.29) is 0 Å². The molecule has 0 saturated heterocycles. The second-order valence-electron chi connectivity index (χ2n) is 13.8. The molecule has 0 fully saturated rings. The van der Waals surface area contributed by atoms with Crippen molar-refractivity contribution in [3.8, 4) is 45.9 Å². The first kappa shape index (κ1) is 30.5. The van der Waals surface area contributed by atoms with Gasteiger partial charge in [-0.05, 0) is 95.7 Å². The highest BCUT2D eigenvalue weighted by atomic mass is 16.4. The molecule has 5 aromatic heterocycles. The molecule has 0 unspecified atom stereocenters. The third-order valence-corrected chi connectivity index (χ3v) is 10.5. The number of aromatic nitrogens is 7. The lowest BCUT2D eigenvalue weighted by atomic mass is 10.1. The normalized spacial score (nSPS) is 11.9. The van der Waals surface area contributed by atoms with Crippen LogP contribution in [0.1, 0.15) is 0 Å². The summed E-state index contributed by atoms with van der Waals surface area (Å²) in [6, 6.07) is 51.1. The predicted molar refractivity (Wildman–Crippen MR) is 220 cm³/mol. The molecule has 0 aliphatic rings. The molecule has 56 heavy (non-hydrogen) atoms. The smallest absolute Gasteiger partial charge is 0.234 e. The first-order chi connectivity index (χ1) is 27.7. The maximum absolute atomic E-state index is 6.20. The van der Waals surface area contributed by atoms with E-state index < -0.39 is 0 Å². The number of nitrogens with zero attached hydrogens (tertiary/aromatic N) is 7. The molecule has 0 aliphatic heterocycles. The van der Waals surface area contributed by atoms with E-state index in [1.165, 1.54) is 5.39 Å². The summed E-state index contributed by atoms with van der Waals surface area (Å²) in [6.07, 6.45) is 3.72. The van der Waals surface area contributed by atoms with E-state index in [1.54, 1.807) is 0 Å². The van der Waals surface area contributed by atoms with Gasteiger partial charge in [-0.3, -0.25) is 9.13 Å². The highest BCUT2D eigenvalue weighted by Gasteiger charge is 2.20. The average molecular weight is 722 g/mol. The Morgan fingerprint density at radius 1 is 0.411 bits per heavy atom. The first-order valence-electron chi connectivity index (χ1n) is 18.3. The van der Waals surface area contributed by atoms with E-state index in [4.69, 9.17) is 33.8 Å². The predicted octanol–water partition coefficient (Wildman–Crippen LogP) is 11.3. The maximum Gasteiger partial charge on any atom is 0.234 e. The number of rotatable bonds is 5. The molecule has 5 heterocycles. The van der Waals surface area contributed by atoms with Gasteiger partial charge in [0.05, 0.1) is 27.6 Å². The highest BCUT2D eigenvalue weighted by Crippen LogP contribution is 2.38. The molecule has 0 atom stereocenters. The van der Waals surface area contributed by atoms with Crippen LogP contribution in [0.15, 0.2) is 173 Å². The number of para-hydroxylation sites is 6. The number of benzene rings is 7. The summed E-state index contributed by atoms with van der Waals surface area (Å²) in [6.45, 7) is 0. The van der Waals surface area contributed by atoms with Crippen LogP contribution in [-0.4, -0.2) is 34.1 Å². The molecule has 0 N–H and O–H groups in total. The quantitative estimate of drug-likeness (QED) is 0.174. The van der Waals surface area contributed by atoms with E-state index in [2.05, 4.69) is 81.9 Å². The third kappa shape index (κ3) is 4.71. The van der Waals surface area contributed by atoms with Crippen molar-refractivity contribution in [1.29, 1.82) is 0 Å². The van der Waals surface area contributed by atoms with Crippen molar-refractivity contribution in [3.63, 3.8) is 0 Å². The number of oxazole rings is 2. The van der Waals surface area contributed by atoms with Gasteiger partial charge in [-0.1, -0.05) is 66.7 Å². The van der Waals surface area contributed by atoms with Gasteiger partial charge in [-0.25, -0.2) is 24.9 Å². The maximum atomic E-state index is 6.20. The van der Waals surface area contributed by atoms with Gasteiger partial charge in [-0.2, -0.15) is 0 Å². The SMILES string of the molecule is c1ccc2cc(-n3c(-c4cnc(-n5c6ccc(-c7nc8ccccc8o7)cc6c6cc(-c7nc8ccccc8o7)ccc65)nc4)nc4ccccc43)ccc2c1. The van der Waals surface area contributed by atoms with Crippen LogP contribution in [0.4, 0.5) is 0 Å². The van der Waals surface area contributed by atoms with Crippen molar-refractivity contribution in [2.45, 2.75) is 0 Å². The molecule has 12 aromatic rings. The Morgan fingerprint density at radius 3 is 1.62 bits per heavy atom. The monoisotopic (exact) mass is 721 g/mol. The lowest BCUT2D eigenvalue weighted by Crippen LogP contribution is -2.03. The Labute approximate surface area is 317 Å². The minimum absolute atomic E-state index is 0.534. The van der Waals surface area contributed by atoms with Gasteiger partial charge in [-0.15, -0.1) is 0 Å². The van der Waals surface area contributed by atoms with Gasteiger partial charge in [0.25, 0.3) is 0 Å². The van der Waals surface area contributed by atoms with Crippen molar-refractivity contribution >= 4 is 65.8 Å². The third-order valence-electron chi connectivity index (χ3n) is 10.5. The standard InChI is InChI=1S/C47H27N7O2/c1-2-10-29-23-33(20-17-28(29)9-1)53-41-14-6-3-11-36(41)50-44(53)32-26-48-47(49-27-32)54-39-21-18-30(45-51-37-12-4-7-15-42(37)55-45)24-34(39)35-25-31(19-22-40(35)54)46-52-38-13-5-8-16-43(38)56-46/h1-27H. The van der Waals surface area contributed by atoms with E-state index in [0.29, 0.717) is 17.7 Å². The molecule has 12 rings (SSSR count). The van der Waals surface area contributed by atoms with Crippen LogP contribution < -0.4 is 0 Å². The Bertz CT molecular complexity index is 3300. The van der Waals surface area contributed by atoms with E-state index >= 15 is 0 Å². The highest BCUT2D eigenvalue weighted by molar-refractivity contribution is 6.11. The molecule has 0 spiro atoms. The lowest BCUT2D eigenvalue weighted by Gasteiger charge is -2.11. The first-order valence-corrected chi connectivity index (χ1v) is 18.3. The lowest BCUT2D eigenvalue weighted by molar-refractivity contribution is 0.619. The zero-order valence-corrected chi connectivity index (χ0v) is 29.5. The van der Waals surface area contributed by atoms with E-state index in [9.17, 15) is 0 Å². The van der Waals surface area contributed by atoms with Crippen LogP contribution in [0.2, 0.25) is 0 Å². The van der Waals surface area contributed by atoms with Crippen LogP contribution >= 0.6 is 0 Å². The molecule has 0 aliphatic carbocycles. The minimum atomic E-state index is 0.534. The molecule has 0 radical (unpaired) electrons. The summed E-state index contributed by atoms with van der Waals surface area (Å²) in [5.74, 6) is 2.41. The molecular weight excluding hydrogens is 695 g/mol. The van der Waals surface area contributed by atoms with Crippen molar-refractivity contribution in [3.05, 3.63) is 164 Å². The van der Waals surface area contributed by atoms with Crippen LogP contribution in [0, 0.1) is 0 Å². The van der Waals surface area contributed by atoms with Crippen LogP contribution in [-0.2, 0) is 0 Å². The van der Waals surface area contributed by atoms with Gasteiger partial charge in [0.15, 0.2) is 11.2 Å². The van der Waals surface area contributed by atoms with Crippen LogP contribution in [0.5, 0.6) is 0 Å². The Hall–Kier alpha value is -7.91. The zero-order valence-electron chi connectivity index (χ0n) is 29.5. The molecule has 9 nitrogen and oxygen atoms in total. The average Bonchev–Trinajstić information content (AvgIpc) is 4.05. The van der Waals surface area contributed by atoms with Gasteiger partial charge in [0.2, 0.25) is 17.7 Å². The van der Waals surface area contributed by atoms with Crippen LogP contribution in [0.3, 0.4) is 0 Å². The molecule has 262 valence electrons. The Kier molecular flexibility index (Phi) is 6.43. The number of imidazole rings is 1. The summed E-state index contributed by atoms with van der Waals surface area (Å²) in [4.78, 5) is 24.7. The number of hydrogen-bond acceptors (Lipinski definition) is 7. The second-order valence-corrected chi connectivity index (χ2v) is 13.8. The van der Waals surface area contributed by atoms with Crippen molar-refractivity contribution in [2.75, 3.05) is 0 Å². The van der Waals surface area contributed by atoms with Crippen molar-refractivity contribution in [1.82, 2.24) is 34.1 Å². The summed E-state index contributed by atoms with van der Waals surface area (Å²) >= 11 is 0. The molecular formula is C47H27N7O2. The summed E-state index contributed by atoms with van der Waals surface area (Å²) in [5, 5.41) is 4.32. The number of hydrogen-bond donors (Lipinski definition) is 0. The zero-order chi connectivity index (χ0) is 36.7. The minimum Gasteiger partial charge on any atom is -0.436 e. The number of fused-ring (bicyclic) bond motifs is 7. The fourth-order valence-electron chi connectivity index (χ4n) is 7.85. The molecule has 7 aromatic carbocycles. The molecule has 0 bridgehead atoms. The van der Waals surface area contributed by atoms with Crippen LogP contribution in [0.25, 0.3) is 112 Å². The fourth-order valence-corrected chi connectivity index (χ4v) is 7.85. The molecule has 0 saturated carbocycles. The van der Waals surface area contributed by atoms with E-state index in [1.807, 2.05) is 91.3 Å². The van der Waals surface area contributed by atoms with E-state index in [0.717, 1.165) is 88.6 Å². The van der Waals surface area contributed by atoms with Gasteiger partial charge < -0.3 is 8.83 Å². The van der Waals surface area contributed by atoms with Gasteiger partial charge in [0, 0.05) is 40.0 Å². The van der Waals surface area contributed by atoms with Crippen molar-refractivity contribution < 1.29 is 8.83 Å². The Balaban J connectivity index is 1.02. The largest absolute Gasteiger partial charge is 0.436 e. The van der Waals surface area contributed by atoms with Crippen molar-refractivity contribution in [2.24, 2.45) is 0 Å². The van der Waals surface area contributed by atoms with Gasteiger partial charge in [0.1, 0.15) is 16.9 Å².